The Labute approximate surface area is 170 Å². The Morgan fingerprint density at radius 3 is 1.83 bits per heavy atom. The number of ether oxygens (including phenoxy) is 1. The van der Waals surface area contributed by atoms with Crippen LogP contribution in [0.2, 0.25) is 0 Å². The minimum atomic E-state index is -0.928. The standard InChI is InChI=1S/C24H23NO4/c26-23(27)21-10-6-19(7-11-21)16-25-17-20-8-12-22(13-9-20)24(28)29-15-14-18-4-2-1-3-5-18/h1-13,25H,14-17H2,(H,26,27). The van der Waals surface area contributed by atoms with Crippen molar-refractivity contribution in [3.05, 3.63) is 107 Å². The third-order valence-electron chi connectivity index (χ3n) is 4.52. The first-order valence-corrected chi connectivity index (χ1v) is 9.45. The summed E-state index contributed by atoms with van der Waals surface area (Å²) in [5.74, 6) is -1.25. The maximum Gasteiger partial charge on any atom is 0.338 e. The van der Waals surface area contributed by atoms with Crippen molar-refractivity contribution in [1.29, 1.82) is 0 Å². The Bertz CT molecular complexity index is 935. The lowest BCUT2D eigenvalue weighted by molar-refractivity contribution is 0.0508. The van der Waals surface area contributed by atoms with Crippen molar-refractivity contribution in [2.45, 2.75) is 19.5 Å². The highest BCUT2D eigenvalue weighted by Crippen LogP contribution is 2.08. The van der Waals surface area contributed by atoms with Crippen molar-refractivity contribution >= 4 is 11.9 Å². The molecule has 0 saturated heterocycles. The number of nitrogens with one attached hydrogen (secondary N) is 1. The van der Waals surface area contributed by atoms with Crippen LogP contribution in [-0.2, 0) is 24.2 Å². The highest BCUT2D eigenvalue weighted by molar-refractivity contribution is 5.89. The third kappa shape index (κ3) is 6.30. The van der Waals surface area contributed by atoms with Gasteiger partial charge in [0, 0.05) is 19.5 Å². The molecule has 0 unspecified atom stereocenters. The monoisotopic (exact) mass is 389 g/mol. The van der Waals surface area contributed by atoms with Gasteiger partial charge >= 0.3 is 11.9 Å². The van der Waals surface area contributed by atoms with Gasteiger partial charge in [0.25, 0.3) is 0 Å². The van der Waals surface area contributed by atoms with E-state index in [1.807, 2.05) is 42.5 Å². The molecule has 0 spiro atoms. The molecule has 0 aliphatic heterocycles. The topological polar surface area (TPSA) is 75.6 Å². The Balaban J connectivity index is 1.42. The van der Waals surface area contributed by atoms with Gasteiger partial charge in [0.05, 0.1) is 17.7 Å². The van der Waals surface area contributed by atoms with Crippen molar-refractivity contribution in [1.82, 2.24) is 5.32 Å². The quantitative estimate of drug-likeness (QED) is 0.540. The molecule has 29 heavy (non-hydrogen) atoms. The van der Waals surface area contributed by atoms with Gasteiger partial charge in [0.1, 0.15) is 0 Å². The number of carbonyl (C=O) groups excluding carboxylic acids is 1. The molecule has 0 aliphatic carbocycles. The lowest BCUT2D eigenvalue weighted by Gasteiger charge is -2.08. The number of rotatable bonds is 9. The van der Waals surface area contributed by atoms with E-state index in [0.29, 0.717) is 31.7 Å². The predicted molar refractivity (Wildman–Crippen MR) is 111 cm³/mol. The average molecular weight is 389 g/mol. The van der Waals surface area contributed by atoms with Gasteiger partial charge in [0.15, 0.2) is 0 Å². The van der Waals surface area contributed by atoms with Gasteiger partial charge in [0.2, 0.25) is 0 Å². The van der Waals surface area contributed by atoms with Gasteiger partial charge in [-0.25, -0.2) is 9.59 Å². The summed E-state index contributed by atoms with van der Waals surface area (Å²) >= 11 is 0. The first-order valence-electron chi connectivity index (χ1n) is 9.45. The zero-order chi connectivity index (χ0) is 20.5. The molecule has 5 nitrogen and oxygen atoms in total. The van der Waals surface area contributed by atoms with Crippen molar-refractivity contribution in [3.63, 3.8) is 0 Å². The molecular weight excluding hydrogens is 366 g/mol. The maximum atomic E-state index is 12.1. The predicted octanol–water partition coefficient (Wildman–Crippen LogP) is 4.07. The van der Waals surface area contributed by atoms with Crippen molar-refractivity contribution in [3.8, 4) is 0 Å². The zero-order valence-electron chi connectivity index (χ0n) is 16.0. The van der Waals surface area contributed by atoms with E-state index in [1.165, 1.54) is 0 Å². The van der Waals surface area contributed by atoms with Crippen LogP contribution in [0, 0.1) is 0 Å². The molecule has 3 aromatic carbocycles. The zero-order valence-corrected chi connectivity index (χ0v) is 16.0. The van der Waals surface area contributed by atoms with Crippen LogP contribution in [0.5, 0.6) is 0 Å². The molecule has 0 aromatic heterocycles. The summed E-state index contributed by atoms with van der Waals surface area (Å²) in [6.07, 6.45) is 0.696. The van der Waals surface area contributed by atoms with Gasteiger partial charge in [-0.15, -0.1) is 0 Å². The van der Waals surface area contributed by atoms with Crippen molar-refractivity contribution in [2.24, 2.45) is 0 Å². The van der Waals surface area contributed by atoms with Crippen LogP contribution in [0.25, 0.3) is 0 Å². The number of hydrogen-bond acceptors (Lipinski definition) is 4. The fraction of sp³-hybridized carbons (Fsp3) is 0.167. The molecule has 3 aromatic rings. The second-order valence-electron chi connectivity index (χ2n) is 6.67. The second-order valence-corrected chi connectivity index (χ2v) is 6.67. The molecule has 3 rings (SSSR count). The van der Waals surface area contributed by atoms with E-state index in [9.17, 15) is 9.59 Å². The van der Waals surface area contributed by atoms with Crippen LogP contribution < -0.4 is 5.32 Å². The van der Waals surface area contributed by atoms with Crippen LogP contribution in [-0.4, -0.2) is 23.7 Å². The molecule has 0 radical (unpaired) electrons. The second kappa shape index (κ2) is 10.2. The first kappa shape index (κ1) is 20.3. The lowest BCUT2D eigenvalue weighted by Crippen LogP contribution is -2.13. The van der Waals surface area contributed by atoms with E-state index < -0.39 is 5.97 Å². The van der Waals surface area contributed by atoms with E-state index in [1.54, 1.807) is 36.4 Å². The van der Waals surface area contributed by atoms with Gasteiger partial charge in [-0.05, 0) is 41.0 Å². The summed E-state index contributed by atoms with van der Waals surface area (Å²) in [6, 6.07) is 24.0. The number of aromatic carboxylic acids is 1. The Hall–Kier alpha value is -3.44. The summed E-state index contributed by atoms with van der Waals surface area (Å²) < 4.78 is 5.34. The molecule has 2 N–H and O–H groups in total. The van der Waals surface area contributed by atoms with E-state index >= 15 is 0 Å². The van der Waals surface area contributed by atoms with Crippen LogP contribution >= 0.6 is 0 Å². The van der Waals surface area contributed by atoms with Crippen LogP contribution in [0.3, 0.4) is 0 Å². The van der Waals surface area contributed by atoms with Gasteiger partial charge in [-0.2, -0.15) is 0 Å². The number of carboxylic acids is 1. The fourth-order valence-corrected chi connectivity index (χ4v) is 2.86. The number of carboxylic acid groups (broad SMARTS) is 1. The SMILES string of the molecule is O=C(O)c1ccc(CNCc2ccc(C(=O)OCCc3ccccc3)cc2)cc1. The summed E-state index contributed by atoms with van der Waals surface area (Å²) in [4.78, 5) is 23.0. The van der Waals surface area contributed by atoms with Crippen LogP contribution in [0.4, 0.5) is 0 Å². The van der Waals surface area contributed by atoms with Crippen molar-refractivity contribution in [2.75, 3.05) is 6.61 Å². The van der Waals surface area contributed by atoms with Crippen molar-refractivity contribution < 1.29 is 19.4 Å². The number of benzene rings is 3. The summed E-state index contributed by atoms with van der Waals surface area (Å²) in [5.41, 5.74) is 4.01. The van der Waals surface area contributed by atoms with E-state index in [0.717, 1.165) is 16.7 Å². The van der Waals surface area contributed by atoms with Crippen LogP contribution in [0.15, 0.2) is 78.9 Å². The van der Waals surface area contributed by atoms with E-state index in [2.05, 4.69) is 5.32 Å². The molecule has 0 heterocycles. The Morgan fingerprint density at radius 1 is 0.724 bits per heavy atom. The maximum absolute atomic E-state index is 12.1. The fourth-order valence-electron chi connectivity index (χ4n) is 2.86. The number of esters is 1. The molecule has 5 heteroatoms. The highest BCUT2D eigenvalue weighted by atomic mass is 16.5. The molecule has 0 fully saturated rings. The highest BCUT2D eigenvalue weighted by Gasteiger charge is 2.07. The van der Waals surface area contributed by atoms with E-state index in [-0.39, 0.29) is 11.5 Å². The Morgan fingerprint density at radius 2 is 1.28 bits per heavy atom. The normalized spacial score (nSPS) is 10.5. The molecule has 0 atom stereocenters. The first-order chi connectivity index (χ1) is 14.1. The molecule has 148 valence electrons. The largest absolute Gasteiger partial charge is 0.478 e. The van der Waals surface area contributed by atoms with Gasteiger partial charge < -0.3 is 15.2 Å². The summed E-state index contributed by atoms with van der Waals surface area (Å²) in [5, 5.41) is 12.2. The minimum Gasteiger partial charge on any atom is -0.478 e. The van der Waals surface area contributed by atoms with E-state index in [4.69, 9.17) is 9.84 Å². The summed E-state index contributed by atoms with van der Waals surface area (Å²) in [7, 11) is 0. The van der Waals surface area contributed by atoms with Gasteiger partial charge in [-0.3, -0.25) is 0 Å². The van der Waals surface area contributed by atoms with Gasteiger partial charge in [-0.1, -0.05) is 54.6 Å². The third-order valence-corrected chi connectivity index (χ3v) is 4.52. The number of hydrogen-bond donors (Lipinski definition) is 2. The molecule has 0 bridgehead atoms. The average Bonchev–Trinajstić information content (AvgIpc) is 2.75. The lowest BCUT2D eigenvalue weighted by atomic mass is 10.1. The Kier molecular flexibility index (Phi) is 7.14. The minimum absolute atomic E-state index is 0.278. The number of carbonyl (C=O) groups is 2. The smallest absolute Gasteiger partial charge is 0.338 e. The molecule has 0 aliphatic rings. The molecule has 0 amide bonds. The molecule has 0 saturated carbocycles. The van der Waals surface area contributed by atoms with Crippen LogP contribution in [0.1, 0.15) is 37.4 Å². The molecular formula is C24H23NO4. The summed E-state index contributed by atoms with van der Waals surface area (Å²) in [6.45, 7) is 1.63.